The molecule has 0 bridgehead atoms. The predicted octanol–water partition coefficient (Wildman–Crippen LogP) is 5.81. The van der Waals surface area contributed by atoms with Crippen molar-refractivity contribution in [2.24, 2.45) is 0 Å². The molecular weight excluding hydrogens is 954 g/mol. The lowest BCUT2D eigenvalue weighted by Crippen LogP contribution is -2.27. The van der Waals surface area contributed by atoms with Crippen LogP contribution in [-0.2, 0) is 66.4 Å². The van der Waals surface area contributed by atoms with E-state index in [9.17, 15) is 31.5 Å². The predicted molar refractivity (Wildman–Crippen MR) is 244 cm³/mol. The van der Waals surface area contributed by atoms with Crippen molar-refractivity contribution < 1.29 is 97.9 Å². The summed E-state index contributed by atoms with van der Waals surface area (Å²) in [7, 11) is 0. The topological polar surface area (TPSA) is 175 Å². The summed E-state index contributed by atoms with van der Waals surface area (Å²) in [5.74, 6) is -14.1. The number of nitrogens with one attached hydrogen (secondary N) is 1. The van der Waals surface area contributed by atoms with Gasteiger partial charge in [0.15, 0.2) is 0 Å². The Morgan fingerprint density at radius 1 is 0.408 bits per heavy atom. The van der Waals surface area contributed by atoms with Gasteiger partial charge in [0.1, 0.15) is 6.61 Å². The van der Waals surface area contributed by atoms with Crippen molar-refractivity contribution >= 4 is 12.1 Å². The molecule has 398 valence electrons. The summed E-state index contributed by atoms with van der Waals surface area (Å²) in [4.78, 5) is 24.0. The van der Waals surface area contributed by atoms with Gasteiger partial charge in [-0.15, -0.1) is 0 Å². The van der Waals surface area contributed by atoms with Crippen molar-refractivity contribution in [3.8, 4) is 16.9 Å². The summed E-state index contributed by atoms with van der Waals surface area (Å²) in [6, 6.07) is 16.5. The number of benzene rings is 3. The van der Waals surface area contributed by atoms with Gasteiger partial charge in [-0.25, -0.2) is 18.0 Å². The third-order valence-electron chi connectivity index (χ3n) is 10.0. The van der Waals surface area contributed by atoms with E-state index in [4.69, 9.17) is 61.6 Å². The van der Waals surface area contributed by atoms with Gasteiger partial charge in [-0.05, 0) is 28.7 Å². The molecule has 1 amide bonds. The fourth-order valence-corrected chi connectivity index (χ4v) is 6.53. The van der Waals surface area contributed by atoms with E-state index in [0.29, 0.717) is 145 Å². The van der Waals surface area contributed by atoms with Crippen LogP contribution in [0.5, 0.6) is 5.75 Å². The van der Waals surface area contributed by atoms with Crippen LogP contribution in [-0.4, -0.2) is 184 Å². The molecule has 0 aliphatic heterocycles. The van der Waals surface area contributed by atoms with Crippen LogP contribution in [0.4, 0.5) is 26.7 Å². The number of halogens is 5. The molecule has 0 saturated carbocycles. The smallest absolute Gasteiger partial charge is 0.407 e. The second-order valence-corrected chi connectivity index (χ2v) is 15.1. The summed E-state index contributed by atoms with van der Waals surface area (Å²) in [6.07, 6.45) is -0.266. The molecule has 0 saturated heterocycles. The number of amides is 1. The van der Waals surface area contributed by atoms with Crippen LogP contribution in [0.15, 0.2) is 48.5 Å². The Balaban J connectivity index is 0.761. The van der Waals surface area contributed by atoms with E-state index in [1.165, 1.54) is 22.3 Å². The molecule has 0 unspecified atom stereocenters. The summed E-state index contributed by atoms with van der Waals surface area (Å²) in [5, 5.41) is 2.79. The number of esters is 1. The van der Waals surface area contributed by atoms with Crippen LogP contribution in [0.2, 0.25) is 0 Å². The first-order valence-electron chi connectivity index (χ1n) is 23.5. The first-order valence-corrected chi connectivity index (χ1v) is 23.5. The first-order chi connectivity index (χ1) is 34.8. The van der Waals surface area contributed by atoms with Crippen molar-refractivity contribution in [1.29, 1.82) is 0 Å². The monoisotopic (exact) mass is 1020 g/mol. The fraction of sp³-hybridized carbons (Fsp3) is 0.592. The highest BCUT2D eigenvalue weighted by atomic mass is 19.2. The number of hydrogen-bond acceptors (Lipinski definition) is 16. The maximum absolute atomic E-state index is 13.6. The molecule has 0 aromatic heterocycles. The lowest BCUT2D eigenvalue weighted by atomic mass is 9.98. The second kappa shape index (κ2) is 37.3. The quantitative estimate of drug-likeness (QED) is 0.0180. The second-order valence-electron chi connectivity index (χ2n) is 15.1. The molecule has 1 N–H and O–H groups in total. The van der Waals surface area contributed by atoms with E-state index in [1.807, 2.05) is 24.3 Å². The first kappa shape index (κ1) is 59.1. The van der Waals surface area contributed by atoms with Gasteiger partial charge in [0, 0.05) is 19.1 Å². The largest absolute Gasteiger partial charge is 0.449 e. The van der Waals surface area contributed by atoms with Gasteiger partial charge in [0.05, 0.1) is 158 Å². The van der Waals surface area contributed by atoms with Crippen molar-refractivity contribution in [2.75, 3.05) is 172 Å². The van der Waals surface area contributed by atoms with E-state index in [-0.39, 0.29) is 39.0 Å². The minimum atomic E-state index is -2.35. The number of rotatable bonds is 43. The lowest BCUT2D eigenvalue weighted by molar-refractivity contribution is -0.136. The Morgan fingerprint density at radius 3 is 1.08 bits per heavy atom. The Kier molecular flexibility index (Phi) is 31.1. The van der Waals surface area contributed by atoms with Crippen LogP contribution in [0.1, 0.15) is 29.9 Å². The fourth-order valence-electron chi connectivity index (χ4n) is 6.53. The van der Waals surface area contributed by atoms with E-state index >= 15 is 0 Å². The van der Waals surface area contributed by atoms with Crippen molar-refractivity contribution in [3.05, 3.63) is 88.7 Å². The highest BCUT2D eigenvalue weighted by Gasteiger charge is 2.30. The Bertz CT molecular complexity index is 1860. The summed E-state index contributed by atoms with van der Waals surface area (Å²) in [6.45, 7) is 9.49. The molecule has 0 heterocycles. The zero-order valence-electron chi connectivity index (χ0n) is 39.9. The van der Waals surface area contributed by atoms with E-state index in [2.05, 4.69) is 34.3 Å². The Hall–Kier alpha value is -4.43. The van der Waals surface area contributed by atoms with E-state index < -0.39 is 53.3 Å². The number of hydrogen-bond donors (Lipinski definition) is 1. The summed E-state index contributed by atoms with van der Waals surface area (Å²) >= 11 is 0. The van der Waals surface area contributed by atoms with Gasteiger partial charge in [0.25, 0.3) is 0 Å². The zero-order chi connectivity index (χ0) is 50.6. The molecule has 22 heteroatoms. The molecule has 0 radical (unpaired) electrons. The lowest BCUT2D eigenvalue weighted by Gasteiger charge is -2.14. The van der Waals surface area contributed by atoms with Gasteiger partial charge in [-0.1, -0.05) is 48.5 Å². The van der Waals surface area contributed by atoms with Gasteiger partial charge < -0.3 is 71.6 Å². The van der Waals surface area contributed by atoms with Crippen LogP contribution in [0.3, 0.4) is 0 Å². The van der Waals surface area contributed by atoms with E-state index in [1.54, 1.807) is 0 Å². The molecule has 4 rings (SSSR count). The van der Waals surface area contributed by atoms with Crippen LogP contribution in [0, 0.1) is 29.1 Å². The SMILES string of the molecule is O=C(CCOCCOCCOCCOCCOCCOCCOCCOCCOCCOCCOCCOCCCNC(=O)OCC1c2ccccc2-c2ccccc21)Oc1c(F)c(F)c(F)c(F)c1F. The maximum atomic E-state index is 13.6. The van der Waals surface area contributed by atoms with Crippen LogP contribution in [0.25, 0.3) is 11.1 Å². The summed E-state index contributed by atoms with van der Waals surface area (Å²) in [5.41, 5.74) is 4.75. The number of fused-ring (bicyclic) bond motifs is 3. The maximum Gasteiger partial charge on any atom is 0.407 e. The van der Waals surface area contributed by atoms with Crippen LogP contribution < -0.4 is 10.1 Å². The number of ether oxygens (including phenoxy) is 14. The third kappa shape index (κ3) is 23.8. The Morgan fingerprint density at radius 2 is 0.718 bits per heavy atom. The van der Waals surface area contributed by atoms with E-state index in [0.717, 1.165) is 0 Å². The standard InChI is InChI=1S/C49H66F5NO16/c50-43-44(51)46(53)48(47(54)45(43)52)71-42(56)10-13-59-15-17-61-19-21-63-23-25-65-27-29-67-31-33-69-35-34-68-32-30-66-28-26-64-24-22-62-20-18-60-16-14-58-12-5-11-55-49(57)70-36-41-39-8-3-1-6-37(39)38-7-2-4-9-40(38)41/h1-4,6-9,41H,5,10-36H2,(H,55,57). The molecule has 17 nitrogen and oxygen atoms in total. The molecule has 1 aliphatic carbocycles. The van der Waals surface area contributed by atoms with Gasteiger partial charge in [-0.3, -0.25) is 4.79 Å². The Labute approximate surface area is 410 Å². The van der Waals surface area contributed by atoms with Gasteiger partial charge >= 0.3 is 12.1 Å². The minimum Gasteiger partial charge on any atom is -0.449 e. The number of carbonyl (C=O) groups excluding carboxylic acids is 2. The molecule has 1 aliphatic rings. The molecule has 0 atom stereocenters. The van der Waals surface area contributed by atoms with Crippen LogP contribution >= 0.6 is 0 Å². The van der Waals surface area contributed by atoms with Gasteiger partial charge in [-0.2, -0.15) is 8.78 Å². The average Bonchev–Trinajstić information content (AvgIpc) is 3.70. The molecule has 0 fully saturated rings. The van der Waals surface area contributed by atoms with Gasteiger partial charge in [0.2, 0.25) is 34.8 Å². The molecule has 0 spiro atoms. The van der Waals surface area contributed by atoms with Crippen molar-refractivity contribution in [1.82, 2.24) is 5.32 Å². The molecule has 3 aromatic rings. The number of carbonyl (C=O) groups is 2. The zero-order valence-corrected chi connectivity index (χ0v) is 39.9. The normalized spacial score (nSPS) is 12.1. The molecular formula is C49H66F5NO16. The highest BCUT2D eigenvalue weighted by molar-refractivity contribution is 5.79. The van der Waals surface area contributed by atoms with Crippen molar-refractivity contribution in [2.45, 2.75) is 18.8 Å². The minimum absolute atomic E-state index is 0.0308. The van der Waals surface area contributed by atoms with Crippen molar-refractivity contribution in [3.63, 3.8) is 0 Å². The molecule has 3 aromatic carbocycles. The highest BCUT2D eigenvalue weighted by Crippen LogP contribution is 2.44. The number of alkyl carbamates (subject to hydrolysis) is 1. The summed E-state index contributed by atoms with van der Waals surface area (Å²) < 4.78 is 142. The molecule has 71 heavy (non-hydrogen) atoms. The third-order valence-corrected chi connectivity index (χ3v) is 10.0. The average molecular weight is 1020 g/mol.